The summed E-state index contributed by atoms with van der Waals surface area (Å²) in [5, 5.41) is 6.50. The number of fused-ring (bicyclic) bond motifs is 1. The van der Waals surface area contributed by atoms with Crippen molar-refractivity contribution in [2.24, 2.45) is 0 Å². The number of carbonyl (C=O) groups excluding carboxylic acids is 1. The molecule has 5 rings (SSSR count). The Morgan fingerprint density at radius 3 is 2.63 bits per heavy atom. The molecule has 0 aliphatic carbocycles. The number of aromatic nitrogens is 3. The Kier molecular flexibility index (Phi) is 6.77. The molecule has 0 bridgehead atoms. The Bertz CT molecular complexity index is 1450. The Hall–Kier alpha value is -4.10. The van der Waals surface area contributed by atoms with Gasteiger partial charge in [0.15, 0.2) is 5.65 Å². The summed E-state index contributed by atoms with van der Waals surface area (Å²) in [6.07, 6.45) is 8.20. The molecule has 0 aliphatic heterocycles. The van der Waals surface area contributed by atoms with Crippen molar-refractivity contribution < 1.29 is 4.79 Å². The van der Waals surface area contributed by atoms with Crippen molar-refractivity contribution in [3.63, 3.8) is 0 Å². The van der Waals surface area contributed by atoms with Crippen LogP contribution in [-0.2, 0) is 6.42 Å². The number of nitrogens with zero attached hydrogens (tertiary/aromatic N) is 3. The molecule has 2 aromatic heterocycles. The van der Waals surface area contributed by atoms with Gasteiger partial charge in [0.2, 0.25) is 0 Å². The third kappa shape index (κ3) is 5.20. The first-order valence-electron chi connectivity index (χ1n) is 11.4. The monoisotopic (exact) mass is 479 g/mol. The highest BCUT2D eigenvalue weighted by molar-refractivity contribution is 7.98. The van der Waals surface area contributed by atoms with Gasteiger partial charge in [-0.2, -0.15) is 0 Å². The molecule has 0 unspecified atom stereocenters. The number of thioether (sulfide) groups is 1. The van der Waals surface area contributed by atoms with Gasteiger partial charge in [-0.05, 0) is 48.6 Å². The molecule has 6 nitrogen and oxygen atoms in total. The lowest BCUT2D eigenvalue weighted by Crippen LogP contribution is -2.25. The second kappa shape index (κ2) is 10.4. The quantitative estimate of drug-likeness (QED) is 0.274. The highest BCUT2D eigenvalue weighted by Crippen LogP contribution is 2.32. The van der Waals surface area contributed by atoms with E-state index in [0.29, 0.717) is 12.1 Å². The summed E-state index contributed by atoms with van der Waals surface area (Å²) in [7, 11) is 0. The van der Waals surface area contributed by atoms with Gasteiger partial charge >= 0.3 is 0 Å². The highest BCUT2D eigenvalue weighted by atomic mass is 32.2. The molecule has 0 saturated heterocycles. The molecule has 35 heavy (non-hydrogen) atoms. The predicted octanol–water partition coefficient (Wildman–Crippen LogP) is 5.83. The lowest BCUT2D eigenvalue weighted by atomic mass is 10.1. The van der Waals surface area contributed by atoms with Crippen molar-refractivity contribution in [2.45, 2.75) is 11.3 Å². The normalized spacial score (nSPS) is 10.9. The van der Waals surface area contributed by atoms with E-state index < -0.39 is 0 Å². The van der Waals surface area contributed by atoms with Gasteiger partial charge in [0.05, 0.1) is 6.20 Å². The molecular weight excluding hydrogens is 454 g/mol. The van der Waals surface area contributed by atoms with Gasteiger partial charge in [-0.3, -0.25) is 14.2 Å². The summed E-state index contributed by atoms with van der Waals surface area (Å²) in [6, 6.07) is 26.0. The van der Waals surface area contributed by atoms with Gasteiger partial charge in [-0.15, -0.1) is 11.8 Å². The van der Waals surface area contributed by atoms with Crippen molar-refractivity contribution in [2.75, 3.05) is 18.1 Å². The minimum atomic E-state index is -0.0974. The zero-order valence-electron chi connectivity index (χ0n) is 19.3. The molecule has 0 atom stereocenters. The zero-order chi connectivity index (χ0) is 24.0. The van der Waals surface area contributed by atoms with Crippen LogP contribution in [0.5, 0.6) is 0 Å². The Morgan fingerprint density at radius 2 is 1.83 bits per heavy atom. The van der Waals surface area contributed by atoms with Gasteiger partial charge in [0, 0.05) is 40.6 Å². The molecule has 0 saturated carbocycles. The second-order valence-electron chi connectivity index (χ2n) is 8.04. The van der Waals surface area contributed by atoms with Crippen molar-refractivity contribution >= 4 is 34.8 Å². The molecule has 2 N–H and O–H groups in total. The molecule has 0 fully saturated rings. The van der Waals surface area contributed by atoms with E-state index in [9.17, 15) is 4.79 Å². The molecular formula is C28H25N5OS. The van der Waals surface area contributed by atoms with Crippen LogP contribution >= 0.6 is 11.8 Å². The first-order chi connectivity index (χ1) is 17.2. The second-order valence-corrected chi connectivity index (χ2v) is 8.92. The van der Waals surface area contributed by atoms with E-state index in [2.05, 4.69) is 58.3 Å². The molecule has 3 aromatic carbocycles. The van der Waals surface area contributed by atoms with Crippen LogP contribution < -0.4 is 10.6 Å². The first kappa shape index (κ1) is 22.7. The molecule has 0 spiro atoms. The van der Waals surface area contributed by atoms with E-state index in [0.717, 1.165) is 34.8 Å². The van der Waals surface area contributed by atoms with Crippen LogP contribution in [0, 0.1) is 0 Å². The zero-order valence-corrected chi connectivity index (χ0v) is 20.1. The van der Waals surface area contributed by atoms with Crippen molar-refractivity contribution in [1.82, 2.24) is 19.7 Å². The number of hydrogen-bond acceptors (Lipinski definition) is 5. The van der Waals surface area contributed by atoms with E-state index in [1.807, 2.05) is 53.1 Å². The summed E-state index contributed by atoms with van der Waals surface area (Å²) < 4.78 is 1.97. The van der Waals surface area contributed by atoms with Crippen molar-refractivity contribution in [1.29, 1.82) is 0 Å². The Morgan fingerprint density at radius 1 is 1.00 bits per heavy atom. The van der Waals surface area contributed by atoms with E-state index in [1.54, 1.807) is 24.2 Å². The first-order valence-corrected chi connectivity index (χ1v) is 12.6. The lowest BCUT2D eigenvalue weighted by Gasteiger charge is -2.11. The third-order valence-electron chi connectivity index (χ3n) is 5.72. The van der Waals surface area contributed by atoms with Crippen LogP contribution in [0.4, 0.5) is 11.5 Å². The predicted molar refractivity (Wildman–Crippen MR) is 142 cm³/mol. The van der Waals surface area contributed by atoms with Crippen molar-refractivity contribution in [3.05, 3.63) is 109 Å². The molecule has 2 heterocycles. The fourth-order valence-corrected chi connectivity index (χ4v) is 4.33. The summed E-state index contributed by atoms with van der Waals surface area (Å²) >= 11 is 1.70. The average Bonchev–Trinajstić information content (AvgIpc) is 3.27. The SMILES string of the molecule is CSc1ccc(-c2nc3cnccn3c2Nc2cccc(C(=O)NCCc3ccccc3)c2)cc1. The molecule has 5 aromatic rings. The van der Waals surface area contributed by atoms with E-state index in [1.165, 1.54) is 10.5 Å². The van der Waals surface area contributed by atoms with E-state index >= 15 is 0 Å². The van der Waals surface area contributed by atoms with E-state index in [4.69, 9.17) is 4.98 Å². The van der Waals surface area contributed by atoms with Crippen LogP contribution in [0.2, 0.25) is 0 Å². The average molecular weight is 480 g/mol. The van der Waals surface area contributed by atoms with Crippen LogP contribution in [0.15, 0.2) is 102 Å². The van der Waals surface area contributed by atoms with Gasteiger partial charge in [-0.1, -0.05) is 48.5 Å². The number of imidazole rings is 1. The van der Waals surface area contributed by atoms with Gasteiger partial charge < -0.3 is 10.6 Å². The fraction of sp³-hybridized carbons (Fsp3) is 0.107. The van der Waals surface area contributed by atoms with Crippen molar-refractivity contribution in [3.8, 4) is 11.3 Å². The Balaban J connectivity index is 1.38. The standard InChI is InChI=1S/C28H25N5OS/c1-35-24-12-10-21(11-13-24)26-27(33-17-16-29-19-25(33)32-26)31-23-9-5-8-22(18-23)28(34)30-15-14-20-6-3-2-4-7-20/h2-13,16-19,31H,14-15H2,1H3,(H,30,34). The third-order valence-corrected chi connectivity index (χ3v) is 6.47. The summed E-state index contributed by atoms with van der Waals surface area (Å²) in [4.78, 5) is 23.0. The number of hydrogen-bond donors (Lipinski definition) is 2. The highest BCUT2D eigenvalue weighted by Gasteiger charge is 2.15. The Labute approximate surface area is 208 Å². The minimum Gasteiger partial charge on any atom is -0.352 e. The number of rotatable bonds is 8. The molecule has 7 heteroatoms. The van der Waals surface area contributed by atoms with Crippen LogP contribution in [0.25, 0.3) is 16.9 Å². The van der Waals surface area contributed by atoms with Crippen LogP contribution in [0.1, 0.15) is 15.9 Å². The summed E-state index contributed by atoms with van der Waals surface area (Å²) in [5.74, 6) is 0.723. The van der Waals surface area contributed by atoms with E-state index in [-0.39, 0.29) is 5.91 Å². The lowest BCUT2D eigenvalue weighted by molar-refractivity contribution is 0.0954. The number of benzene rings is 3. The summed E-state index contributed by atoms with van der Waals surface area (Å²) in [5.41, 5.74) is 5.18. The van der Waals surface area contributed by atoms with Gasteiger partial charge in [-0.25, -0.2) is 4.98 Å². The number of carbonyl (C=O) groups is 1. The minimum absolute atomic E-state index is 0.0974. The number of anilines is 2. The maximum Gasteiger partial charge on any atom is 0.251 e. The van der Waals surface area contributed by atoms with Crippen LogP contribution in [0.3, 0.4) is 0 Å². The topological polar surface area (TPSA) is 71.3 Å². The molecule has 174 valence electrons. The maximum atomic E-state index is 12.8. The number of amides is 1. The summed E-state index contributed by atoms with van der Waals surface area (Å²) in [6.45, 7) is 0.580. The van der Waals surface area contributed by atoms with Crippen LogP contribution in [-0.4, -0.2) is 33.1 Å². The molecule has 1 amide bonds. The molecule has 0 radical (unpaired) electrons. The maximum absolute atomic E-state index is 12.8. The molecule has 0 aliphatic rings. The van der Waals surface area contributed by atoms with Gasteiger partial charge in [0.1, 0.15) is 11.5 Å². The number of nitrogens with one attached hydrogen (secondary N) is 2. The largest absolute Gasteiger partial charge is 0.352 e. The smallest absolute Gasteiger partial charge is 0.251 e. The fourth-order valence-electron chi connectivity index (χ4n) is 3.92. The van der Waals surface area contributed by atoms with Gasteiger partial charge in [0.25, 0.3) is 5.91 Å².